The number of nitrogens with zero attached hydrogens (tertiary/aromatic N) is 4. The molecule has 4 aliphatic rings. The molecule has 25 heavy (non-hydrogen) atoms. The Morgan fingerprint density at radius 2 is 2.20 bits per heavy atom. The predicted molar refractivity (Wildman–Crippen MR) is 97.2 cm³/mol. The Balaban J connectivity index is 1.29. The summed E-state index contributed by atoms with van der Waals surface area (Å²) >= 11 is 0. The second kappa shape index (κ2) is 5.69. The highest BCUT2D eigenvalue weighted by atomic mass is 15.3. The fraction of sp³-hybridized carbons (Fsp3) is 0.611. The largest absolute Gasteiger partial charge is 0.337 e. The first kappa shape index (κ1) is 15.1. The Labute approximate surface area is 147 Å². The summed E-state index contributed by atoms with van der Waals surface area (Å²) in [5, 5.41) is 14.2. The molecule has 0 unspecified atom stereocenters. The second-order valence-electron chi connectivity index (χ2n) is 7.92. The Hall–Kier alpha value is -2.15. The van der Waals surface area contributed by atoms with Gasteiger partial charge in [-0.05, 0) is 38.8 Å². The molecule has 6 rings (SSSR count). The molecule has 7 heteroatoms. The van der Waals surface area contributed by atoms with Crippen molar-refractivity contribution in [2.75, 3.05) is 30.4 Å². The zero-order valence-corrected chi connectivity index (χ0v) is 14.6. The molecule has 2 aromatic heterocycles. The minimum Gasteiger partial charge on any atom is -0.337 e. The normalized spacial score (nSPS) is 27.9. The Morgan fingerprint density at radius 3 is 2.96 bits per heavy atom. The molecule has 4 fully saturated rings. The zero-order chi connectivity index (χ0) is 16.9. The third kappa shape index (κ3) is 2.57. The van der Waals surface area contributed by atoms with Crippen molar-refractivity contribution in [3.8, 4) is 0 Å². The molecular weight excluding hydrogens is 314 g/mol. The molecule has 0 atom stereocenters. The summed E-state index contributed by atoms with van der Waals surface area (Å²) in [6.45, 7) is 2.13. The number of hydrogen-bond acceptors (Lipinski definition) is 6. The first-order chi connectivity index (χ1) is 12.2. The molecule has 2 aromatic rings. The van der Waals surface area contributed by atoms with E-state index in [4.69, 9.17) is 4.98 Å². The van der Waals surface area contributed by atoms with Crippen molar-refractivity contribution in [2.45, 2.75) is 44.1 Å². The maximum absolute atomic E-state index is 4.74. The van der Waals surface area contributed by atoms with Crippen LogP contribution in [0.2, 0.25) is 0 Å². The van der Waals surface area contributed by atoms with Gasteiger partial charge in [-0.25, -0.2) is 4.98 Å². The van der Waals surface area contributed by atoms with E-state index in [-0.39, 0.29) is 0 Å². The van der Waals surface area contributed by atoms with Crippen LogP contribution in [0.1, 0.15) is 43.7 Å². The average molecular weight is 339 g/mol. The van der Waals surface area contributed by atoms with E-state index in [1.54, 1.807) is 0 Å². The average Bonchev–Trinajstić information content (AvgIpc) is 3.20. The smallest absolute Gasteiger partial charge is 0.227 e. The highest BCUT2D eigenvalue weighted by Gasteiger charge is 2.55. The predicted octanol–water partition coefficient (Wildman–Crippen LogP) is 2.40. The van der Waals surface area contributed by atoms with Crippen LogP contribution in [0.4, 0.5) is 17.6 Å². The lowest BCUT2D eigenvalue weighted by Gasteiger charge is -2.36. The monoisotopic (exact) mass is 339 g/mol. The topological polar surface area (TPSA) is 81.8 Å². The summed E-state index contributed by atoms with van der Waals surface area (Å²) < 4.78 is 0. The van der Waals surface area contributed by atoms with Crippen molar-refractivity contribution < 1.29 is 0 Å². The fourth-order valence-corrected chi connectivity index (χ4v) is 4.61. The summed E-state index contributed by atoms with van der Waals surface area (Å²) in [7, 11) is 2.04. The fourth-order valence-electron chi connectivity index (χ4n) is 4.61. The molecule has 0 radical (unpaired) electrons. The molecule has 2 bridgehead atoms. The zero-order valence-electron chi connectivity index (χ0n) is 14.6. The van der Waals surface area contributed by atoms with Crippen molar-refractivity contribution in [3.63, 3.8) is 0 Å². The molecule has 132 valence electrons. The number of rotatable bonds is 6. The van der Waals surface area contributed by atoms with Crippen LogP contribution in [0.5, 0.6) is 0 Å². The first-order valence-corrected chi connectivity index (χ1v) is 9.31. The molecule has 0 aromatic carbocycles. The third-order valence-corrected chi connectivity index (χ3v) is 6.13. The molecule has 2 saturated heterocycles. The Bertz CT molecular complexity index is 760. The maximum atomic E-state index is 4.74. The van der Waals surface area contributed by atoms with E-state index in [2.05, 4.69) is 36.8 Å². The van der Waals surface area contributed by atoms with Crippen LogP contribution in [0, 0.1) is 5.41 Å². The number of fused-ring (bicyclic) bond motifs is 1. The van der Waals surface area contributed by atoms with E-state index in [0.29, 0.717) is 17.4 Å². The first-order valence-electron chi connectivity index (χ1n) is 9.31. The van der Waals surface area contributed by atoms with Gasteiger partial charge in [0.2, 0.25) is 5.95 Å². The van der Waals surface area contributed by atoms with Crippen LogP contribution in [-0.4, -0.2) is 46.3 Å². The highest BCUT2D eigenvalue weighted by molar-refractivity contribution is 5.54. The molecule has 2 aliphatic heterocycles. The van der Waals surface area contributed by atoms with Crippen LogP contribution in [0.15, 0.2) is 18.3 Å². The van der Waals surface area contributed by atoms with Gasteiger partial charge in [-0.15, -0.1) is 0 Å². The van der Waals surface area contributed by atoms with Crippen molar-refractivity contribution in [1.29, 1.82) is 0 Å². The van der Waals surface area contributed by atoms with E-state index in [9.17, 15) is 0 Å². The molecule has 3 N–H and O–H groups in total. The van der Waals surface area contributed by atoms with Gasteiger partial charge in [-0.3, -0.25) is 5.10 Å². The Kier molecular flexibility index (Phi) is 3.45. The van der Waals surface area contributed by atoms with Gasteiger partial charge in [0.05, 0.1) is 0 Å². The van der Waals surface area contributed by atoms with Gasteiger partial charge in [0.1, 0.15) is 5.82 Å². The van der Waals surface area contributed by atoms with E-state index < -0.39 is 0 Å². The maximum Gasteiger partial charge on any atom is 0.227 e. The lowest BCUT2D eigenvalue weighted by molar-refractivity contribution is 0.196. The quantitative estimate of drug-likeness (QED) is 0.750. The molecule has 4 heterocycles. The molecule has 0 amide bonds. The lowest BCUT2D eigenvalue weighted by Crippen LogP contribution is -2.41. The lowest BCUT2D eigenvalue weighted by atomic mass is 9.70. The molecule has 7 nitrogen and oxygen atoms in total. The van der Waals surface area contributed by atoms with Crippen molar-refractivity contribution in [3.05, 3.63) is 24.0 Å². The van der Waals surface area contributed by atoms with Gasteiger partial charge >= 0.3 is 0 Å². The number of hydrogen-bond donors (Lipinski definition) is 3. The Morgan fingerprint density at radius 1 is 1.32 bits per heavy atom. The van der Waals surface area contributed by atoms with Crippen LogP contribution in [0.25, 0.3) is 0 Å². The number of aromatic amines is 1. The summed E-state index contributed by atoms with van der Waals surface area (Å²) in [4.78, 5) is 11.6. The molecule has 2 aliphatic carbocycles. The molecule has 0 spiro atoms. The van der Waals surface area contributed by atoms with Crippen molar-refractivity contribution >= 4 is 17.6 Å². The minimum atomic E-state index is 0.423. The van der Waals surface area contributed by atoms with E-state index in [0.717, 1.165) is 30.7 Å². The summed E-state index contributed by atoms with van der Waals surface area (Å²) in [6.07, 6.45) is 8.20. The van der Waals surface area contributed by atoms with Gasteiger partial charge in [0.25, 0.3) is 0 Å². The highest BCUT2D eigenvalue weighted by Crippen LogP contribution is 2.52. The van der Waals surface area contributed by atoms with Crippen LogP contribution in [-0.2, 0) is 0 Å². The SMILES string of the molecule is CNCC12CC(C1)N(c1nccc(Nc3cc(C4CCC4)[nH]n3)n1)C2. The van der Waals surface area contributed by atoms with Gasteiger partial charge < -0.3 is 15.5 Å². The number of aromatic nitrogens is 4. The van der Waals surface area contributed by atoms with Gasteiger partial charge in [-0.2, -0.15) is 10.1 Å². The molecule has 2 saturated carbocycles. The van der Waals surface area contributed by atoms with Crippen molar-refractivity contribution in [1.82, 2.24) is 25.5 Å². The minimum absolute atomic E-state index is 0.423. The standard InChI is InChI=1S/C18H25N7/c1-19-10-18-8-13(9-18)25(11-18)17-20-6-5-15(22-17)21-16-7-14(23-24-16)12-3-2-4-12/h5-7,12-13,19H,2-4,8-11H2,1H3,(H2,20,21,22,23,24). The van der Waals surface area contributed by atoms with Crippen molar-refractivity contribution in [2.24, 2.45) is 5.41 Å². The van der Waals surface area contributed by atoms with Crippen LogP contribution >= 0.6 is 0 Å². The molecular formula is C18H25N7. The third-order valence-electron chi connectivity index (χ3n) is 6.13. The number of H-pyrrole nitrogens is 1. The van der Waals surface area contributed by atoms with Gasteiger partial charge in [0, 0.05) is 48.4 Å². The second-order valence-corrected chi connectivity index (χ2v) is 7.92. The number of anilines is 3. The van der Waals surface area contributed by atoms with E-state index >= 15 is 0 Å². The number of nitrogens with one attached hydrogen (secondary N) is 3. The van der Waals surface area contributed by atoms with E-state index in [1.807, 2.05) is 19.3 Å². The summed E-state index contributed by atoms with van der Waals surface area (Å²) in [5.41, 5.74) is 1.66. The van der Waals surface area contributed by atoms with Crippen LogP contribution in [0.3, 0.4) is 0 Å². The van der Waals surface area contributed by atoms with Gasteiger partial charge in [0.15, 0.2) is 5.82 Å². The summed E-state index contributed by atoms with van der Waals surface area (Å²) in [5.74, 6) is 3.14. The van der Waals surface area contributed by atoms with Gasteiger partial charge in [-0.1, -0.05) is 6.42 Å². The van der Waals surface area contributed by atoms with Crippen LogP contribution < -0.4 is 15.5 Å². The summed E-state index contributed by atoms with van der Waals surface area (Å²) in [6, 6.07) is 4.62. The van der Waals surface area contributed by atoms with E-state index in [1.165, 1.54) is 37.8 Å².